The van der Waals surface area contributed by atoms with Gasteiger partial charge in [-0.3, -0.25) is 14.4 Å². The van der Waals surface area contributed by atoms with E-state index in [9.17, 15) is 14.4 Å². The molecular formula is C20H26O5. The van der Waals surface area contributed by atoms with Gasteiger partial charge in [-0.1, -0.05) is 5.57 Å². The van der Waals surface area contributed by atoms with Gasteiger partial charge in [0.05, 0.1) is 13.2 Å². The first-order valence-electron chi connectivity index (χ1n) is 9.55. The molecule has 0 saturated heterocycles. The minimum Gasteiger partial charge on any atom is -0.465 e. The highest BCUT2D eigenvalue weighted by molar-refractivity contribution is 6.03. The molecule has 0 radical (unpaired) electrons. The van der Waals surface area contributed by atoms with Gasteiger partial charge in [0.2, 0.25) is 0 Å². The summed E-state index contributed by atoms with van der Waals surface area (Å²) in [7, 11) is 0. The van der Waals surface area contributed by atoms with Crippen molar-refractivity contribution in [2.24, 2.45) is 16.2 Å². The van der Waals surface area contributed by atoms with Gasteiger partial charge < -0.3 is 9.47 Å². The summed E-state index contributed by atoms with van der Waals surface area (Å²) in [5, 5.41) is 0. The molecule has 0 aromatic carbocycles. The lowest BCUT2D eigenvalue weighted by atomic mass is 9.64. The number of esters is 2. The monoisotopic (exact) mass is 346 g/mol. The molecule has 5 heteroatoms. The molecule has 2 saturated carbocycles. The molecule has 0 aliphatic heterocycles. The lowest BCUT2D eigenvalue weighted by Crippen LogP contribution is -2.47. The van der Waals surface area contributed by atoms with Crippen molar-refractivity contribution >= 4 is 17.7 Å². The third-order valence-corrected chi connectivity index (χ3v) is 7.03. The second-order valence-electron chi connectivity index (χ2n) is 8.17. The SMILES string of the molecule is CCOC(=O)C1(C(=O)OCC)CC[C@]23C[C@]2(CC2=C3C(=O)CCC2)C1. The van der Waals surface area contributed by atoms with Gasteiger partial charge in [0.15, 0.2) is 11.2 Å². The van der Waals surface area contributed by atoms with E-state index in [1.165, 1.54) is 5.57 Å². The number of carbonyl (C=O) groups is 3. The average molecular weight is 346 g/mol. The molecule has 4 aliphatic rings. The number of rotatable bonds is 4. The number of ketones is 1. The number of allylic oxidation sites excluding steroid dienone is 2. The molecule has 0 unspecified atom stereocenters. The van der Waals surface area contributed by atoms with E-state index >= 15 is 0 Å². The predicted octanol–water partition coefficient (Wildman–Crippen LogP) is 3.11. The van der Waals surface area contributed by atoms with Gasteiger partial charge in [0.1, 0.15) is 0 Å². The van der Waals surface area contributed by atoms with Crippen molar-refractivity contribution in [1.82, 2.24) is 0 Å². The van der Waals surface area contributed by atoms with Crippen LogP contribution in [0.4, 0.5) is 0 Å². The molecule has 4 aliphatic carbocycles. The van der Waals surface area contributed by atoms with E-state index in [4.69, 9.17) is 9.47 Å². The summed E-state index contributed by atoms with van der Waals surface area (Å²) in [6.07, 6.45) is 6.00. The Morgan fingerprint density at radius 1 is 1.00 bits per heavy atom. The van der Waals surface area contributed by atoms with Crippen molar-refractivity contribution in [3.8, 4) is 0 Å². The third-order valence-electron chi connectivity index (χ3n) is 7.03. The standard InChI is InChI=1S/C20H26O5/c1-3-24-16(22)19(17(23)25-4-2)8-9-20-12-18(20,11-19)10-13-6-5-7-14(21)15(13)20/h3-12H2,1-2H3/t18-,20+/m0/s1. The summed E-state index contributed by atoms with van der Waals surface area (Å²) < 4.78 is 10.6. The number of ether oxygens (including phenoxy) is 2. The summed E-state index contributed by atoms with van der Waals surface area (Å²) in [5.74, 6) is -0.584. The maximum absolute atomic E-state index is 12.8. The molecule has 0 N–H and O–H groups in total. The van der Waals surface area contributed by atoms with Crippen LogP contribution in [0.3, 0.4) is 0 Å². The van der Waals surface area contributed by atoms with Crippen molar-refractivity contribution in [1.29, 1.82) is 0 Å². The highest BCUT2D eigenvalue weighted by atomic mass is 16.6. The number of hydrogen-bond acceptors (Lipinski definition) is 5. The van der Waals surface area contributed by atoms with Gasteiger partial charge >= 0.3 is 11.9 Å². The van der Waals surface area contributed by atoms with Crippen LogP contribution in [-0.2, 0) is 23.9 Å². The average Bonchev–Trinajstić information content (AvgIpc) is 3.13. The first-order valence-corrected chi connectivity index (χ1v) is 9.55. The molecule has 0 aromatic rings. The van der Waals surface area contributed by atoms with Gasteiger partial charge in [-0.25, -0.2) is 0 Å². The molecule has 136 valence electrons. The van der Waals surface area contributed by atoms with E-state index < -0.39 is 17.4 Å². The Balaban J connectivity index is 1.67. The fraction of sp³-hybridized carbons (Fsp3) is 0.750. The zero-order chi connectivity index (χ0) is 17.9. The third kappa shape index (κ3) is 2.04. The second-order valence-corrected chi connectivity index (χ2v) is 8.17. The first kappa shape index (κ1) is 16.8. The van der Waals surface area contributed by atoms with Crippen LogP contribution in [0.1, 0.15) is 65.2 Å². The summed E-state index contributed by atoms with van der Waals surface area (Å²) in [5.41, 5.74) is 1.01. The largest absolute Gasteiger partial charge is 0.465 e. The molecule has 0 heterocycles. The van der Waals surface area contributed by atoms with E-state index in [0.717, 1.165) is 37.7 Å². The molecule has 0 aromatic heterocycles. The Hall–Kier alpha value is -1.65. The Labute approximate surface area is 148 Å². The van der Waals surface area contributed by atoms with E-state index in [-0.39, 0.29) is 24.0 Å². The van der Waals surface area contributed by atoms with Crippen molar-refractivity contribution in [3.63, 3.8) is 0 Å². The van der Waals surface area contributed by atoms with Crippen LogP contribution in [0, 0.1) is 16.2 Å². The maximum atomic E-state index is 12.8. The first-order chi connectivity index (χ1) is 11.9. The van der Waals surface area contributed by atoms with Gasteiger partial charge in [-0.05, 0) is 64.2 Å². The van der Waals surface area contributed by atoms with E-state index in [1.54, 1.807) is 13.8 Å². The predicted molar refractivity (Wildman–Crippen MR) is 89.5 cm³/mol. The van der Waals surface area contributed by atoms with Crippen molar-refractivity contribution in [2.45, 2.75) is 65.2 Å². The molecule has 0 spiro atoms. The van der Waals surface area contributed by atoms with Crippen LogP contribution >= 0.6 is 0 Å². The lowest BCUT2D eigenvalue weighted by Gasteiger charge is -2.38. The number of Topliss-reactive ketones (excluding diaryl/α,β-unsaturated/α-hetero) is 1. The van der Waals surface area contributed by atoms with Crippen molar-refractivity contribution in [3.05, 3.63) is 11.1 Å². The molecule has 25 heavy (non-hydrogen) atoms. The lowest BCUT2D eigenvalue weighted by molar-refractivity contribution is -0.177. The Morgan fingerprint density at radius 2 is 1.68 bits per heavy atom. The highest BCUT2D eigenvalue weighted by Gasteiger charge is 2.78. The quantitative estimate of drug-likeness (QED) is 0.578. The molecule has 2 fully saturated rings. The molecule has 4 rings (SSSR count). The minimum atomic E-state index is -1.19. The van der Waals surface area contributed by atoms with Gasteiger partial charge in [-0.15, -0.1) is 0 Å². The zero-order valence-corrected chi connectivity index (χ0v) is 15.1. The topological polar surface area (TPSA) is 69.7 Å². The molecule has 0 bridgehead atoms. The summed E-state index contributed by atoms with van der Waals surface area (Å²) in [4.78, 5) is 38.1. The Morgan fingerprint density at radius 3 is 2.32 bits per heavy atom. The normalized spacial score (nSPS) is 34.7. The van der Waals surface area contributed by atoms with E-state index in [2.05, 4.69) is 0 Å². The zero-order valence-electron chi connectivity index (χ0n) is 15.1. The van der Waals surface area contributed by atoms with E-state index in [1.807, 2.05) is 0 Å². The van der Waals surface area contributed by atoms with Crippen molar-refractivity contribution in [2.75, 3.05) is 13.2 Å². The van der Waals surface area contributed by atoms with Crippen LogP contribution in [-0.4, -0.2) is 30.9 Å². The molecular weight excluding hydrogens is 320 g/mol. The Kier molecular flexibility index (Phi) is 3.64. The summed E-state index contributed by atoms with van der Waals surface area (Å²) >= 11 is 0. The molecule has 2 atom stereocenters. The molecule has 5 nitrogen and oxygen atoms in total. The maximum Gasteiger partial charge on any atom is 0.323 e. The van der Waals surface area contributed by atoms with E-state index in [0.29, 0.717) is 25.0 Å². The molecule has 0 amide bonds. The Bertz CT molecular complexity index is 672. The highest BCUT2D eigenvalue weighted by Crippen LogP contribution is 2.83. The van der Waals surface area contributed by atoms with Crippen LogP contribution in [0.15, 0.2) is 11.1 Å². The van der Waals surface area contributed by atoms with Gasteiger partial charge in [0.25, 0.3) is 0 Å². The second kappa shape index (κ2) is 5.42. The fourth-order valence-corrected chi connectivity index (χ4v) is 6.05. The van der Waals surface area contributed by atoms with Crippen LogP contribution in [0.5, 0.6) is 0 Å². The fourth-order valence-electron chi connectivity index (χ4n) is 6.05. The smallest absolute Gasteiger partial charge is 0.323 e. The van der Waals surface area contributed by atoms with Gasteiger partial charge in [-0.2, -0.15) is 0 Å². The van der Waals surface area contributed by atoms with Crippen molar-refractivity contribution < 1.29 is 23.9 Å². The summed E-state index contributed by atoms with van der Waals surface area (Å²) in [6.45, 7) is 4.03. The van der Waals surface area contributed by atoms with Gasteiger partial charge in [0, 0.05) is 17.4 Å². The number of hydrogen-bond donors (Lipinski definition) is 0. The van der Waals surface area contributed by atoms with Crippen LogP contribution < -0.4 is 0 Å². The number of carbonyl (C=O) groups excluding carboxylic acids is 3. The van der Waals surface area contributed by atoms with Crippen LogP contribution in [0.2, 0.25) is 0 Å². The van der Waals surface area contributed by atoms with Crippen LogP contribution in [0.25, 0.3) is 0 Å². The minimum absolute atomic E-state index is 0.0671. The summed E-state index contributed by atoms with van der Waals surface area (Å²) in [6, 6.07) is 0.